The van der Waals surface area contributed by atoms with Gasteiger partial charge in [0.25, 0.3) is 5.91 Å². The first-order valence-corrected chi connectivity index (χ1v) is 9.32. The van der Waals surface area contributed by atoms with E-state index in [2.05, 4.69) is 20.5 Å². The average molecular weight is 397 g/mol. The molecule has 0 unspecified atom stereocenters. The van der Waals surface area contributed by atoms with Gasteiger partial charge >= 0.3 is 0 Å². The van der Waals surface area contributed by atoms with Crippen LogP contribution < -0.4 is 10.1 Å². The van der Waals surface area contributed by atoms with Crippen molar-refractivity contribution in [3.63, 3.8) is 0 Å². The maximum absolute atomic E-state index is 13.1. The second kappa shape index (κ2) is 8.78. The van der Waals surface area contributed by atoms with Gasteiger partial charge in [0, 0.05) is 30.8 Å². The predicted octanol–water partition coefficient (Wildman–Crippen LogP) is 2.29. The van der Waals surface area contributed by atoms with Gasteiger partial charge < -0.3 is 14.8 Å². The van der Waals surface area contributed by atoms with Crippen LogP contribution in [-0.4, -0.2) is 45.0 Å². The van der Waals surface area contributed by atoms with Crippen LogP contribution in [0.4, 0.5) is 4.39 Å². The molecule has 1 saturated heterocycles. The molecule has 1 fully saturated rings. The van der Waals surface area contributed by atoms with Crippen molar-refractivity contribution in [2.24, 2.45) is 0 Å². The van der Waals surface area contributed by atoms with E-state index in [-0.39, 0.29) is 24.4 Å². The minimum atomic E-state index is -0.326. The summed E-state index contributed by atoms with van der Waals surface area (Å²) in [4.78, 5) is 16.6. The molecule has 0 saturated carbocycles. The zero-order valence-corrected chi connectivity index (χ0v) is 15.6. The van der Waals surface area contributed by atoms with Crippen molar-refractivity contribution in [3.8, 4) is 11.6 Å². The number of ether oxygens (including phenoxy) is 2. The highest BCUT2D eigenvalue weighted by Gasteiger charge is 2.16. The number of amides is 1. The maximum atomic E-state index is 13.1. The molecular weight excluding hydrogens is 377 g/mol. The molecule has 0 spiro atoms. The summed E-state index contributed by atoms with van der Waals surface area (Å²) in [6.45, 7) is 1.54. The van der Waals surface area contributed by atoms with Gasteiger partial charge in [0.2, 0.25) is 5.88 Å². The molecule has 29 heavy (non-hydrogen) atoms. The van der Waals surface area contributed by atoms with Crippen molar-refractivity contribution >= 4 is 5.91 Å². The van der Waals surface area contributed by atoms with Gasteiger partial charge in [0.1, 0.15) is 18.2 Å². The van der Waals surface area contributed by atoms with Crippen molar-refractivity contribution in [2.45, 2.75) is 25.5 Å². The van der Waals surface area contributed by atoms with E-state index < -0.39 is 0 Å². The molecule has 9 heteroatoms. The third-order valence-electron chi connectivity index (χ3n) is 4.58. The fraction of sp³-hybridized carbons (Fsp3) is 0.300. The standard InChI is InChI=1S/C20H20FN5O3/c21-15-2-4-16(5-3-15)26-13-24-25-18(26)12-23-20(27)14-1-6-19(22-11-14)29-17-7-9-28-10-8-17/h1-6,11,13,17H,7-10,12H2,(H,23,27). The molecule has 0 radical (unpaired) electrons. The summed E-state index contributed by atoms with van der Waals surface area (Å²) < 4.78 is 25.9. The van der Waals surface area contributed by atoms with Gasteiger partial charge in [0.15, 0.2) is 5.82 Å². The van der Waals surface area contributed by atoms with Gasteiger partial charge in [-0.05, 0) is 30.3 Å². The zero-order valence-electron chi connectivity index (χ0n) is 15.6. The number of hydrogen-bond donors (Lipinski definition) is 1. The van der Waals surface area contributed by atoms with Crippen LogP contribution in [0, 0.1) is 5.82 Å². The van der Waals surface area contributed by atoms with Crippen molar-refractivity contribution in [2.75, 3.05) is 13.2 Å². The quantitative estimate of drug-likeness (QED) is 0.686. The lowest BCUT2D eigenvalue weighted by atomic mass is 10.1. The molecule has 1 amide bonds. The van der Waals surface area contributed by atoms with E-state index in [4.69, 9.17) is 9.47 Å². The zero-order chi connectivity index (χ0) is 20.1. The SMILES string of the molecule is O=C(NCc1nncn1-c1ccc(F)cc1)c1ccc(OC2CCOCC2)nc1. The Morgan fingerprint density at radius 1 is 1.21 bits per heavy atom. The second-order valence-corrected chi connectivity index (χ2v) is 6.59. The Morgan fingerprint density at radius 3 is 2.72 bits per heavy atom. The van der Waals surface area contributed by atoms with Crippen LogP contribution in [0.25, 0.3) is 5.69 Å². The van der Waals surface area contributed by atoms with Crippen LogP contribution in [0.5, 0.6) is 5.88 Å². The van der Waals surface area contributed by atoms with Gasteiger partial charge in [-0.25, -0.2) is 9.37 Å². The number of hydrogen-bond acceptors (Lipinski definition) is 6. The molecule has 0 atom stereocenters. The minimum Gasteiger partial charge on any atom is -0.474 e. The molecule has 0 aliphatic carbocycles. The van der Waals surface area contributed by atoms with Crippen LogP contribution >= 0.6 is 0 Å². The molecule has 8 nitrogen and oxygen atoms in total. The molecule has 1 aromatic carbocycles. The van der Waals surface area contributed by atoms with Crippen molar-refractivity contribution < 1.29 is 18.7 Å². The lowest BCUT2D eigenvalue weighted by molar-refractivity contribution is 0.0237. The number of carbonyl (C=O) groups is 1. The van der Waals surface area contributed by atoms with E-state index in [9.17, 15) is 9.18 Å². The van der Waals surface area contributed by atoms with Crippen molar-refractivity contribution in [3.05, 3.63) is 66.1 Å². The first-order valence-electron chi connectivity index (χ1n) is 9.32. The molecule has 1 N–H and O–H groups in total. The van der Waals surface area contributed by atoms with Crippen molar-refractivity contribution in [1.82, 2.24) is 25.1 Å². The number of benzene rings is 1. The Morgan fingerprint density at radius 2 is 2.00 bits per heavy atom. The molecular formula is C20H20FN5O3. The summed E-state index contributed by atoms with van der Waals surface area (Å²) in [6, 6.07) is 9.30. The molecule has 3 heterocycles. The molecule has 1 aliphatic heterocycles. The predicted molar refractivity (Wildman–Crippen MR) is 101 cm³/mol. The van der Waals surface area contributed by atoms with Crippen LogP contribution in [0.15, 0.2) is 48.9 Å². The molecule has 3 aromatic rings. The van der Waals surface area contributed by atoms with Crippen LogP contribution in [0.2, 0.25) is 0 Å². The number of aromatic nitrogens is 4. The van der Waals surface area contributed by atoms with Gasteiger partial charge in [-0.15, -0.1) is 10.2 Å². The highest BCUT2D eigenvalue weighted by Crippen LogP contribution is 2.16. The number of rotatable bonds is 6. The highest BCUT2D eigenvalue weighted by molar-refractivity contribution is 5.93. The van der Waals surface area contributed by atoms with E-state index in [1.807, 2.05) is 0 Å². The fourth-order valence-electron chi connectivity index (χ4n) is 3.01. The van der Waals surface area contributed by atoms with E-state index in [0.29, 0.717) is 36.2 Å². The van der Waals surface area contributed by atoms with Gasteiger partial charge in [0.05, 0.1) is 25.3 Å². The summed E-state index contributed by atoms with van der Waals surface area (Å²) in [5, 5.41) is 10.7. The van der Waals surface area contributed by atoms with E-state index in [1.165, 1.54) is 24.7 Å². The Kier molecular flexibility index (Phi) is 5.76. The minimum absolute atomic E-state index is 0.0914. The van der Waals surface area contributed by atoms with E-state index in [1.54, 1.807) is 28.8 Å². The van der Waals surface area contributed by atoms with E-state index >= 15 is 0 Å². The molecule has 1 aliphatic rings. The summed E-state index contributed by atoms with van der Waals surface area (Å²) in [5.74, 6) is 0.402. The fourth-order valence-corrected chi connectivity index (χ4v) is 3.01. The second-order valence-electron chi connectivity index (χ2n) is 6.59. The number of nitrogens with one attached hydrogen (secondary N) is 1. The Balaban J connectivity index is 1.35. The van der Waals surface area contributed by atoms with Gasteiger partial charge in [-0.3, -0.25) is 9.36 Å². The largest absolute Gasteiger partial charge is 0.474 e. The van der Waals surface area contributed by atoms with Crippen LogP contribution in [-0.2, 0) is 11.3 Å². The molecule has 0 bridgehead atoms. The van der Waals surface area contributed by atoms with Gasteiger partial charge in [-0.2, -0.15) is 0 Å². The van der Waals surface area contributed by atoms with E-state index in [0.717, 1.165) is 12.8 Å². The first-order chi connectivity index (χ1) is 14.2. The first kappa shape index (κ1) is 19.0. The third-order valence-corrected chi connectivity index (χ3v) is 4.58. The van der Waals surface area contributed by atoms with Gasteiger partial charge in [-0.1, -0.05) is 0 Å². The topological polar surface area (TPSA) is 91.2 Å². The summed E-state index contributed by atoms with van der Waals surface area (Å²) in [7, 11) is 0. The van der Waals surface area contributed by atoms with Crippen molar-refractivity contribution in [1.29, 1.82) is 0 Å². The number of nitrogens with zero attached hydrogens (tertiary/aromatic N) is 4. The molecule has 4 rings (SSSR count). The average Bonchev–Trinajstić information content (AvgIpc) is 3.22. The normalized spacial score (nSPS) is 14.5. The highest BCUT2D eigenvalue weighted by atomic mass is 19.1. The summed E-state index contributed by atoms with van der Waals surface area (Å²) in [5.41, 5.74) is 1.12. The Bertz CT molecular complexity index is 953. The lowest BCUT2D eigenvalue weighted by Crippen LogP contribution is -2.26. The monoisotopic (exact) mass is 397 g/mol. The Labute approximate surface area is 166 Å². The third kappa shape index (κ3) is 4.75. The maximum Gasteiger partial charge on any atom is 0.253 e. The lowest BCUT2D eigenvalue weighted by Gasteiger charge is -2.22. The van der Waals surface area contributed by atoms with Crippen LogP contribution in [0.1, 0.15) is 29.0 Å². The molecule has 150 valence electrons. The number of pyridine rings is 1. The summed E-state index contributed by atoms with van der Waals surface area (Å²) >= 11 is 0. The smallest absolute Gasteiger partial charge is 0.253 e. The van der Waals surface area contributed by atoms with Crippen LogP contribution in [0.3, 0.4) is 0 Å². The Hall–Kier alpha value is -3.33. The number of halogens is 1. The molecule has 2 aromatic heterocycles. The summed E-state index contributed by atoms with van der Waals surface area (Å²) in [6.07, 6.45) is 4.75. The number of carbonyl (C=O) groups excluding carboxylic acids is 1.